The van der Waals surface area contributed by atoms with E-state index in [0.717, 1.165) is 55.4 Å². The van der Waals surface area contributed by atoms with Gasteiger partial charge in [0, 0.05) is 24.5 Å². The molecule has 168 valence electrons. The maximum atomic E-state index is 6.16. The van der Waals surface area contributed by atoms with E-state index >= 15 is 0 Å². The highest BCUT2D eigenvalue weighted by molar-refractivity contribution is 6.45. The van der Waals surface area contributed by atoms with Crippen LogP contribution in [0.4, 0.5) is 5.82 Å². The summed E-state index contributed by atoms with van der Waals surface area (Å²) >= 11 is 0. The molecule has 0 aliphatic carbocycles. The Morgan fingerprint density at radius 1 is 1.00 bits per heavy atom. The summed E-state index contributed by atoms with van der Waals surface area (Å²) in [6, 6.07) is 3.89. The van der Waals surface area contributed by atoms with Crippen molar-refractivity contribution in [2.24, 2.45) is 5.92 Å². The third-order valence-corrected chi connectivity index (χ3v) is 7.15. The van der Waals surface area contributed by atoms with Crippen LogP contribution in [0.2, 0.25) is 6.32 Å². The van der Waals surface area contributed by atoms with Crippen molar-refractivity contribution >= 4 is 23.8 Å². The van der Waals surface area contributed by atoms with Gasteiger partial charge in [-0.3, -0.25) is 0 Å². The molecule has 0 unspecified atom stereocenters. The maximum Gasteiger partial charge on any atom is 0.457 e. The number of ether oxygens (including phenoxy) is 2. The molecule has 1 aromatic carbocycles. The van der Waals surface area contributed by atoms with Crippen molar-refractivity contribution in [1.29, 1.82) is 0 Å². The van der Waals surface area contributed by atoms with Crippen LogP contribution in [-0.2, 0) is 9.31 Å². The average Bonchev–Trinajstić information content (AvgIpc) is 2.97. The molecule has 0 atom stereocenters. The molecule has 3 heterocycles. The lowest BCUT2D eigenvalue weighted by Crippen LogP contribution is -2.41. The van der Waals surface area contributed by atoms with Gasteiger partial charge in [-0.1, -0.05) is 6.42 Å². The van der Waals surface area contributed by atoms with Crippen LogP contribution < -0.4 is 14.4 Å². The molecule has 0 radical (unpaired) electrons. The van der Waals surface area contributed by atoms with Gasteiger partial charge < -0.3 is 23.7 Å². The zero-order chi connectivity index (χ0) is 22.2. The Morgan fingerprint density at radius 3 is 2.23 bits per heavy atom. The molecule has 2 aliphatic heterocycles. The predicted molar refractivity (Wildman–Crippen MR) is 123 cm³/mol. The molecule has 0 saturated carbocycles. The van der Waals surface area contributed by atoms with Crippen molar-refractivity contribution in [2.45, 2.75) is 64.5 Å². The van der Waals surface area contributed by atoms with Crippen molar-refractivity contribution in [3.05, 3.63) is 18.5 Å². The summed E-state index contributed by atoms with van der Waals surface area (Å²) in [5.41, 5.74) is 0.364. The van der Waals surface area contributed by atoms with Gasteiger partial charge in [0.2, 0.25) is 0 Å². The van der Waals surface area contributed by atoms with E-state index in [-0.39, 0.29) is 18.3 Å². The Hall–Kier alpha value is -2.06. The normalized spacial score (nSPS) is 21.0. The zero-order valence-electron chi connectivity index (χ0n) is 19.6. The summed E-state index contributed by atoms with van der Waals surface area (Å²) in [5.74, 6) is 3.03. The Bertz CT molecular complexity index is 912. The number of nitrogens with zero attached hydrogens (tertiary/aromatic N) is 3. The van der Waals surface area contributed by atoms with Gasteiger partial charge in [0.15, 0.2) is 11.5 Å². The molecule has 2 aliphatic rings. The van der Waals surface area contributed by atoms with Gasteiger partial charge >= 0.3 is 7.12 Å². The van der Waals surface area contributed by atoms with Crippen molar-refractivity contribution in [3.8, 4) is 11.5 Å². The number of methoxy groups -OCH3 is 2. The van der Waals surface area contributed by atoms with Crippen LogP contribution in [0.25, 0.3) is 10.9 Å². The number of hydrogen-bond donors (Lipinski definition) is 0. The first-order chi connectivity index (χ1) is 14.7. The van der Waals surface area contributed by atoms with Gasteiger partial charge in [0.05, 0.1) is 30.9 Å². The van der Waals surface area contributed by atoms with Gasteiger partial charge in [-0.2, -0.15) is 0 Å². The lowest BCUT2D eigenvalue weighted by atomic mass is 9.77. The van der Waals surface area contributed by atoms with Crippen LogP contribution >= 0.6 is 0 Å². The molecular weight excluding hydrogens is 393 g/mol. The van der Waals surface area contributed by atoms with Gasteiger partial charge in [-0.25, -0.2) is 9.97 Å². The van der Waals surface area contributed by atoms with Crippen molar-refractivity contribution in [3.63, 3.8) is 0 Å². The first kappa shape index (κ1) is 22.2. The third-order valence-electron chi connectivity index (χ3n) is 7.15. The standard InChI is InChI=1S/C23H34BN3O4/c1-22(2)23(3,4)31-24(30-22)10-7-16-8-11-27(12-9-16)21-17-13-19(28-5)20(29-6)14-18(17)25-15-26-21/h13-16H,7-12H2,1-6H3. The summed E-state index contributed by atoms with van der Waals surface area (Å²) in [5, 5.41) is 0.996. The molecule has 0 amide bonds. The number of aromatic nitrogens is 2. The molecular formula is C23H34BN3O4. The second-order valence-electron chi connectivity index (χ2n) is 9.62. The molecule has 31 heavy (non-hydrogen) atoms. The van der Waals surface area contributed by atoms with E-state index in [2.05, 4.69) is 42.6 Å². The van der Waals surface area contributed by atoms with E-state index in [1.54, 1.807) is 20.5 Å². The molecule has 8 heteroatoms. The molecule has 2 saturated heterocycles. The average molecular weight is 427 g/mol. The van der Waals surface area contributed by atoms with E-state index in [0.29, 0.717) is 17.4 Å². The highest BCUT2D eigenvalue weighted by Crippen LogP contribution is 2.39. The Kier molecular flexibility index (Phi) is 6.05. The number of anilines is 1. The summed E-state index contributed by atoms with van der Waals surface area (Å²) in [6.07, 6.45) is 5.98. The largest absolute Gasteiger partial charge is 0.493 e. The molecule has 4 rings (SSSR count). The van der Waals surface area contributed by atoms with Gasteiger partial charge in [0.1, 0.15) is 12.1 Å². The van der Waals surface area contributed by atoms with Gasteiger partial charge in [-0.05, 0) is 58.8 Å². The van der Waals surface area contributed by atoms with Gasteiger partial charge in [0.25, 0.3) is 0 Å². The van der Waals surface area contributed by atoms with Crippen LogP contribution in [0.15, 0.2) is 18.5 Å². The fraction of sp³-hybridized carbons (Fsp3) is 0.652. The van der Waals surface area contributed by atoms with E-state index in [4.69, 9.17) is 18.8 Å². The van der Waals surface area contributed by atoms with E-state index < -0.39 is 0 Å². The number of rotatable bonds is 6. The highest BCUT2D eigenvalue weighted by Gasteiger charge is 2.50. The first-order valence-corrected chi connectivity index (χ1v) is 11.2. The SMILES string of the molecule is COc1cc2ncnc(N3CCC(CCB4OC(C)(C)C(C)(C)O4)CC3)c2cc1OC. The molecule has 0 N–H and O–H groups in total. The first-order valence-electron chi connectivity index (χ1n) is 11.2. The van der Waals surface area contributed by atoms with Crippen LogP contribution in [0, 0.1) is 5.92 Å². The van der Waals surface area contributed by atoms with E-state index in [9.17, 15) is 0 Å². The molecule has 0 bridgehead atoms. The highest BCUT2D eigenvalue weighted by atomic mass is 16.7. The minimum absolute atomic E-state index is 0.101. The zero-order valence-corrected chi connectivity index (χ0v) is 19.6. The van der Waals surface area contributed by atoms with Crippen molar-refractivity contribution in [1.82, 2.24) is 9.97 Å². The number of fused-ring (bicyclic) bond motifs is 1. The minimum atomic E-state index is -0.251. The Labute approximate surface area is 185 Å². The van der Waals surface area contributed by atoms with Crippen molar-refractivity contribution < 1.29 is 18.8 Å². The van der Waals surface area contributed by atoms with Crippen LogP contribution in [0.5, 0.6) is 11.5 Å². The monoisotopic (exact) mass is 427 g/mol. The van der Waals surface area contributed by atoms with Crippen molar-refractivity contribution in [2.75, 3.05) is 32.2 Å². The number of piperidine rings is 1. The molecule has 7 nitrogen and oxygen atoms in total. The van der Waals surface area contributed by atoms with Crippen LogP contribution in [0.1, 0.15) is 47.0 Å². The summed E-state index contributed by atoms with van der Waals surface area (Å²) in [4.78, 5) is 11.4. The second kappa shape index (κ2) is 8.47. The maximum absolute atomic E-state index is 6.16. The summed E-state index contributed by atoms with van der Waals surface area (Å²) < 4.78 is 23.2. The van der Waals surface area contributed by atoms with Gasteiger partial charge in [-0.15, -0.1) is 0 Å². The third kappa shape index (κ3) is 4.33. The fourth-order valence-corrected chi connectivity index (χ4v) is 4.51. The molecule has 1 aromatic heterocycles. The predicted octanol–water partition coefficient (Wildman–Crippen LogP) is 4.35. The lowest BCUT2D eigenvalue weighted by Gasteiger charge is -2.33. The number of benzene rings is 1. The molecule has 2 fully saturated rings. The Morgan fingerprint density at radius 2 is 1.61 bits per heavy atom. The topological polar surface area (TPSA) is 65.9 Å². The fourth-order valence-electron chi connectivity index (χ4n) is 4.51. The van der Waals surface area contributed by atoms with E-state index in [1.807, 2.05) is 12.1 Å². The molecule has 2 aromatic rings. The van der Waals surface area contributed by atoms with E-state index in [1.165, 1.54) is 0 Å². The summed E-state index contributed by atoms with van der Waals surface area (Å²) in [6.45, 7) is 10.4. The second-order valence-corrected chi connectivity index (χ2v) is 9.62. The number of hydrogen-bond acceptors (Lipinski definition) is 7. The smallest absolute Gasteiger partial charge is 0.457 e. The lowest BCUT2D eigenvalue weighted by molar-refractivity contribution is 0.00578. The minimum Gasteiger partial charge on any atom is -0.493 e. The Balaban J connectivity index is 1.39. The van der Waals surface area contributed by atoms with Crippen LogP contribution in [0.3, 0.4) is 0 Å². The quantitative estimate of drug-likeness (QED) is 0.635. The molecule has 0 spiro atoms. The summed E-state index contributed by atoms with van der Waals surface area (Å²) in [7, 11) is 3.19. The van der Waals surface area contributed by atoms with Crippen LogP contribution in [-0.4, -0.2) is 55.6 Å².